The molecule has 1 N–H and O–H groups in total. The van der Waals surface area contributed by atoms with Crippen molar-refractivity contribution in [1.29, 1.82) is 0 Å². The van der Waals surface area contributed by atoms with Gasteiger partial charge in [0.25, 0.3) is 5.91 Å². The van der Waals surface area contributed by atoms with E-state index >= 15 is 0 Å². The Balaban J connectivity index is 1.57. The van der Waals surface area contributed by atoms with Crippen molar-refractivity contribution in [1.82, 2.24) is 5.32 Å². The first-order valence-electron chi connectivity index (χ1n) is 8.77. The largest absolute Gasteiger partial charge is 0.474 e. The SMILES string of the molecule is C[C@H](NC(=O)[C@@]1(C)COC(c2ccccc2)=N1)C(=O)OCc1ccccc1. The van der Waals surface area contributed by atoms with Crippen molar-refractivity contribution in [3.8, 4) is 0 Å². The molecular formula is C21H22N2O4. The van der Waals surface area contributed by atoms with E-state index in [1.807, 2.05) is 60.7 Å². The molecule has 0 aliphatic carbocycles. The molecular weight excluding hydrogens is 344 g/mol. The second-order valence-electron chi connectivity index (χ2n) is 6.63. The van der Waals surface area contributed by atoms with E-state index in [4.69, 9.17) is 9.47 Å². The summed E-state index contributed by atoms with van der Waals surface area (Å²) in [6.45, 7) is 3.55. The number of carbonyl (C=O) groups is 2. The van der Waals surface area contributed by atoms with E-state index in [1.165, 1.54) is 0 Å². The summed E-state index contributed by atoms with van der Waals surface area (Å²) in [7, 11) is 0. The normalized spacial score (nSPS) is 19.6. The number of benzene rings is 2. The average molecular weight is 366 g/mol. The van der Waals surface area contributed by atoms with Gasteiger partial charge in [-0.25, -0.2) is 9.79 Å². The third kappa shape index (κ3) is 4.53. The lowest BCUT2D eigenvalue weighted by molar-refractivity contribution is -0.149. The zero-order chi connectivity index (χ0) is 19.3. The fraction of sp³-hybridized carbons (Fsp3) is 0.286. The molecule has 0 radical (unpaired) electrons. The molecule has 0 spiro atoms. The minimum atomic E-state index is -1.08. The number of hydrogen-bond donors (Lipinski definition) is 1. The lowest BCUT2D eigenvalue weighted by Crippen LogP contribution is -2.50. The maximum absolute atomic E-state index is 12.6. The van der Waals surface area contributed by atoms with Crippen LogP contribution in [0.3, 0.4) is 0 Å². The number of ether oxygens (including phenoxy) is 2. The van der Waals surface area contributed by atoms with E-state index in [0.717, 1.165) is 11.1 Å². The van der Waals surface area contributed by atoms with Gasteiger partial charge < -0.3 is 14.8 Å². The Labute approximate surface area is 158 Å². The van der Waals surface area contributed by atoms with Crippen LogP contribution < -0.4 is 5.32 Å². The summed E-state index contributed by atoms with van der Waals surface area (Å²) in [4.78, 5) is 29.2. The quantitative estimate of drug-likeness (QED) is 0.797. The van der Waals surface area contributed by atoms with E-state index in [2.05, 4.69) is 10.3 Å². The Kier molecular flexibility index (Phi) is 5.54. The third-order valence-corrected chi connectivity index (χ3v) is 4.27. The lowest BCUT2D eigenvalue weighted by atomic mass is 10.0. The molecule has 2 aromatic rings. The number of amides is 1. The number of aliphatic imine (C=N–C) groups is 1. The van der Waals surface area contributed by atoms with Gasteiger partial charge in [-0.2, -0.15) is 0 Å². The van der Waals surface area contributed by atoms with E-state index in [1.54, 1.807) is 13.8 Å². The molecule has 2 atom stereocenters. The maximum Gasteiger partial charge on any atom is 0.328 e. The lowest BCUT2D eigenvalue weighted by Gasteiger charge is -2.20. The highest BCUT2D eigenvalue weighted by Crippen LogP contribution is 2.22. The molecule has 0 fully saturated rings. The van der Waals surface area contributed by atoms with E-state index < -0.39 is 17.6 Å². The molecule has 0 unspecified atom stereocenters. The van der Waals surface area contributed by atoms with Gasteiger partial charge in [0.05, 0.1) is 0 Å². The predicted octanol–water partition coefficient (Wildman–Crippen LogP) is 2.47. The second kappa shape index (κ2) is 8.03. The number of hydrogen-bond acceptors (Lipinski definition) is 5. The van der Waals surface area contributed by atoms with Gasteiger partial charge in [-0.05, 0) is 31.5 Å². The van der Waals surface area contributed by atoms with Crippen molar-refractivity contribution in [2.24, 2.45) is 4.99 Å². The Bertz CT molecular complexity index is 836. The van der Waals surface area contributed by atoms with Gasteiger partial charge in [0.15, 0.2) is 5.54 Å². The highest BCUT2D eigenvalue weighted by atomic mass is 16.5. The molecule has 1 heterocycles. The fourth-order valence-electron chi connectivity index (χ4n) is 2.61. The van der Waals surface area contributed by atoms with Gasteiger partial charge in [-0.15, -0.1) is 0 Å². The van der Waals surface area contributed by atoms with Crippen LogP contribution in [0.25, 0.3) is 0 Å². The molecule has 1 aliphatic rings. The highest BCUT2D eigenvalue weighted by Gasteiger charge is 2.40. The van der Waals surface area contributed by atoms with Crippen LogP contribution in [0, 0.1) is 0 Å². The van der Waals surface area contributed by atoms with Crippen LogP contribution >= 0.6 is 0 Å². The van der Waals surface area contributed by atoms with Crippen LogP contribution in [-0.4, -0.2) is 36.0 Å². The molecule has 1 aliphatic heterocycles. The van der Waals surface area contributed by atoms with E-state index in [-0.39, 0.29) is 19.1 Å². The van der Waals surface area contributed by atoms with Gasteiger partial charge in [-0.3, -0.25) is 4.79 Å². The van der Waals surface area contributed by atoms with Crippen LogP contribution in [0.2, 0.25) is 0 Å². The van der Waals surface area contributed by atoms with Gasteiger partial charge in [0.2, 0.25) is 5.90 Å². The van der Waals surface area contributed by atoms with Gasteiger partial charge in [0.1, 0.15) is 19.3 Å². The van der Waals surface area contributed by atoms with Crippen molar-refractivity contribution in [3.05, 3.63) is 71.8 Å². The monoisotopic (exact) mass is 366 g/mol. The molecule has 0 bridgehead atoms. The summed E-state index contributed by atoms with van der Waals surface area (Å²) in [5, 5.41) is 2.67. The Morgan fingerprint density at radius 1 is 1.15 bits per heavy atom. The first-order valence-corrected chi connectivity index (χ1v) is 8.77. The molecule has 140 valence electrons. The highest BCUT2D eigenvalue weighted by molar-refractivity contribution is 6.00. The Hall–Kier alpha value is -3.15. The molecule has 6 nitrogen and oxygen atoms in total. The van der Waals surface area contributed by atoms with Crippen LogP contribution in [0.4, 0.5) is 0 Å². The molecule has 1 amide bonds. The third-order valence-electron chi connectivity index (χ3n) is 4.27. The van der Waals surface area contributed by atoms with Crippen molar-refractivity contribution in [3.63, 3.8) is 0 Å². The van der Waals surface area contributed by atoms with E-state index in [9.17, 15) is 9.59 Å². The number of esters is 1. The zero-order valence-electron chi connectivity index (χ0n) is 15.3. The van der Waals surface area contributed by atoms with Crippen molar-refractivity contribution < 1.29 is 19.1 Å². The molecule has 27 heavy (non-hydrogen) atoms. The molecule has 2 aromatic carbocycles. The minimum absolute atomic E-state index is 0.120. The summed E-state index contributed by atoms with van der Waals surface area (Å²) in [5.41, 5.74) is 0.612. The Morgan fingerprint density at radius 3 is 2.44 bits per heavy atom. The minimum Gasteiger partial charge on any atom is -0.474 e. The van der Waals surface area contributed by atoms with Crippen LogP contribution in [0.15, 0.2) is 65.7 Å². The standard InChI is InChI=1S/C21H22N2O4/c1-15(19(24)26-13-16-9-5-3-6-10-16)22-20(25)21(2)14-27-18(23-21)17-11-7-4-8-12-17/h3-12,15H,13-14H2,1-2H3,(H,22,25)/t15-,21+/m0/s1. The Morgan fingerprint density at radius 2 is 1.78 bits per heavy atom. The number of nitrogens with zero attached hydrogens (tertiary/aromatic N) is 1. The molecule has 0 saturated carbocycles. The van der Waals surface area contributed by atoms with E-state index in [0.29, 0.717) is 5.90 Å². The predicted molar refractivity (Wildman–Crippen MR) is 101 cm³/mol. The molecule has 3 rings (SSSR count). The summed E-state index contributed by atoms with van der Waals surface area (Å²) in [6, 6.07) is 18.0. The second-order valence-corrected chi connectivity index (χ2v) is 6.63. The average Bonchev–Trinajstić information content (AvgIpc) is 3.11. The van der Waals surface area contributed by atoms with Gasteiger partial charge >= 0.3 is 5.97 Å². The smallest absolute Gasteiger partial charge is 0.328 e. The molecule has 6 heteroatoms. The van der Waals surface area contributed by atoms with Crippen molar-refractivity contribution >= 4 is 17.8 Å². The van der Waals surface area contributed by atoms with Gasteiger partial charge in [-0.1, -0.05) is 48.5 Å². The fourth-order valence-corrected chi connectivity index (χ4v) is 2.61. The number of carbonyl (C=O) groups excluding carboxylic acids is 2. The summed E-state index contributed by atoms with van der Waals surface area (Å²) in [6.07, 6.45) is 0. The molecule has 0 aromatic heterocycles. The van der Waals surface area contributed by atoms with Crippen LogP contribution in [0.5, 0.6) is 0 Å². The van der Waals surface area contributed by atoms with Crippen molar-refractivity contribution in [2.45, 2.75) is 32.0 Å². The first kappa shape index (κ1) is 18.6. The van der Waals surface area contributed by atoms with Crippen LogP contribution in [0.1, 0.15) is 25.0 Å². The summed E-state index contributed by atoms with van der Waals surface area (Å²) < 4.78 is 10.9. The van der Waals surface area contributed by atoms with Crippen LogP contribution in [-0.2, 0) is 25.7 Å². The van der Waals surface area contributed by atoms with Gasteiger partial charge in [0, 0.05) is 5.56 Å². The zero-order valence-corrected chi connectivity index (χ0v) is 15.3. The van der Waals surface area contributed by atoms with Crippen molar-refractivity contribution in [2.75, 3.05) is 6.61 Å². The number of rotatable bonds is 6. The summed E-state index contributed by atoms with van der Waals surface area (Å²) in [5.74, 6) is -0.452. The maximum atomic E-state index is 12.6. The first-order chi connectivity index (χ1) is 13.0. The molecule has 0 saturated heterocycles. The summed E-state index contributed by atoms with van der Waals surface area (Å²) >= 11 is 0. The number of nitrogens with one attached hydrogen (secondary N) is 1. The topological polar surface area (TPSA) is 77.0 Å².